The highest BCUT2D eigenvalue weighted by molar-refractivity contribution is 5.17. The molecule has 3 nitrogen and oxygen atoms in total. The molecule has 0 fully saturated rings. The summed E-state index contributed by atoms with van der Waals surface area (Å²) in [6.07, 6.45) is 1.92. The molecule has 0 unspecified atom stereocenters. The van der Waals surface area contributed by atoms with Crippen molar-refractivity contribution >= 4 is 0 Å². The molecule has 0 spiro atoms. The van der Waals surface area contributed by atoms with Crippen LogP contribution in [-0.2, 0) is 20.1 Å². The molecule has 1 aromatic carbocycles. The highest BCUT2D eigenvalue weighted by Gasteiger charge is 2.02. The lowest BCUT2D eigenvalue weighted by Crippen LogP contribution is -2.13. The lowest BCUT2D eigenvalue weighted by atomic mass is 10.2. The molecule has 0 atom stereocenters. The first-order chi connectivity index (χ1) is 7.77. The minimum absolute atomic E-state index is 0.870. The van der Waals surface area contributed by atoms with Gasteiger partial charge in [0.15, 0.2) is 0 Å². The van der Waals surface area contributed by atoms with E-state index in [2.05, 4.69) is 41.6 Å². The Bertz CT molecular complexity index is 445. The summed E-state index contributed by atoms with van der Waals surface area (Å²) >= 11 is 0. The van der Waals surface area contributed by atoms with E-state index >= 15 is 0 Å². The number of hydrogen-bond donors (Lipinski definition) is 1. The van der Waals surface area contributed by atoms with Crippen LogP contribution in [0.15, 0.2) is 36.5 Å². The summed E-state index contributed by atoms with van der Waals surface area (Å²) in [5.74, 6) is 0. The Morgan fingerprint density at radius 1 is 1.19 bits per heavy atom. The van der Waals surface area contributed by atoms with E-state index in [1.807, 2.05) is 24.0 Å². The molecule has 0 bridgehead atoms. The Morgan fingerprint density at radius 2 is 1.94 bits per heavy atom. The molecule has 0 aliphatic rings. The van der Waals surface area contributed by atoms with Crippen LogP contribution in [0.5, 0.6) is 0 Å². The third-order valence-corrected chi connectivity index (χ3v) is 2.82. The Hall–Kier alpha value is -1.61. The summed E-state index contributed by atoms with van der Waals surface area (Å²) in [6.45, 7) is 3.86. The van der Waals surface area contributed by atoms with Crippen LogP contribution in [0, 0.1) is 6.92 Å². The first kappa shape index (κ1) is 10.9. The number of aromatic nitrogens is 2. The predicted octanol–water partition coefficient (Wildman–Crippen LogP) is 2.02. The van der Waals surface area contributed by atoms with Crippen molar-refractivity contribution in [3.63, 3.8) is 0 Å². The van der Waals surface area contributed by atoms with E-state index in [1.54, 1.807) is 0 Å². The van der Waals surface area contributed by atoms with Gasteiger partial charge < -0.3 is 5.32 Å². The van der Waals surface area contributed by atoms with Crippen molar-refractivity contribution in [2.24, 2.45) is 7.05 Å². The fourth-order valence-electron chi connectivity index (χ4n) is 1.66. The molecule has 16 heavy (non-hydrogen) atoms. The molecule has 3 heteroatoms. The summed E-state index contributed by atoms with van der Waals surface area (Å²) in [6, 6.07) is 10.4. The maximum atomic E-state index is 4.22. The molecular weight excluding hydrogens is 198 g/mol. The van der Waals surface area contributed by atoms with Crippen molar-refractivity contribution in [1.82, 2.24) is 15.1 Å². The second-order valence-corrected chi connectivity index (χ2v) is 3.97. The monoisotopic (exact) mass is 215 g/mol. The zero-order valence-corrected chi connectivity index (χ0v) is 9.77. The molecule has 0 saturated heterocycles. The van der Waals surface area contributed by atoms with Gasteiger partial charge in [-0.1, -0.05) is 30.3 Å². The van der Waals surface area contributed by atoms with Crippen molar-refractivity contribution in [1.29, 1.82) is 0 Å². The predicted molar refractivity (Wildman–Crippen MR) is 64.9 cm³/mol. The molecule has 0 saturated carbocycles. The van der Waals surface area contributed by atoms with Gasteiger partial charge in [0.25, 0.3) is 0 Å². The van der Waals surface area contributed by atoms with Gasteiger partial charge in [-0.3, -0.25) is 4.68 Å². The van der Waals surface area contributed by atoms with Gasteiger partial charge in [0.05, 0.1) is 6.20 Å². The zero-order valence-electron chi connectivity index (χ0n) is 9.77. The highest BCUT2D eigenvalue weighted by Crippen LogP contribution is 2.05. The summed E-state index contributed by atoms with van der Waals surface area (Å²) < 4.78 is 1.90. The van der Waals surface area contributed by atoms with Gasteiger partial charge in [0.1, 0.15) is 0 Å². The fourth-order valence-corrected chi connectivity index (χ4v) is 1.66. The van der Waals surface area contributed by atoms with Crippen molar-refractivity contribution in [2.75, 3.05) is 0 Å². The average Bonchev–Trinajstić information content (AvgIpc) is 2.62. The van der Waals surface area contributed by atoms with Gasteiger partial charge in [0.2, 0.25) is 0 Å². The number of hydrogen-bond acceptors (Lipinski definition) is 2. The van der Waals surface area contributed by atoms with Gasteiger partial charge in [-0.25, -0.2) is 0 Å². The standard InChI is InChI=1S/C13H17N3/c1-11-13(10-15-16(11)2)9-14-8-12-6-4-3-5-7-12/h3-7,10,14H,8-9H2,1-2H3. The molecular formula is C13H17N3. The van der Waals surface area contributed by atoms with Gasteiger partial charge in [0, 0.05) is 31.4 Å². The third kappa shape index (κ3) is 2.49. The molecule has 1 aromatic heterocycles. The lowest BCUT2D eigenvalue weighted by molar-refractivity contribution is 0.684. The third-order valence-electron chi connectivity index (χ3n) is 2.82. The van der Waals surface area contributed by atoms with Crippen LogP contribution in [-0.4, -0.2) is 9.78 Å². The van der Waals surface area contributed by atoms with Gasteiger partial charge in [-0.2, -0.15) is 5.10 Å². The molecule has 1 heterocycles. The van der Waals surface area contributed by atoms with E-state index in [0.717, 1.165) is 13.1 Å². The maximum Gasteiger partial charge on any atom is 0.0537 e. The van der Waals surface area contributed by atoms with Crippen molar-refractivity contribution in [3.8, 4) is 0 Å². The smallest absolute Gasteiger partial charge is 0.0537 e. The minimum Gasteiger partial charge on any atom is -0.308 e. The number of benzene rings is 1. The second-order valence-electron chi connectivity index (χ2n) is 3.97. The number of nitrogens with zero attached hydrogens (tertiary/aromatic N) is 2. The summed E-state index contributed by atoms with van der Waals surface area (Å²) in [5.41, 5.74) is 3.79. The Morgan fingerprint density at radius 3 is 2.56 bits per heavy atom. The molecule has 0 aliphatic heterocycles. The van der Waals surface area contributed by atoms with E-state index in [4.69, 9.17) is 0 Å². The van der Waals surface area contributed by atoms with E-state index in [1.165, 1.54) is 16.8 Å². The number of nitrogens with one attached hydrogen (secondary N) is 1. The van der Waals surface area contributed by atoms with E-state index in [9.17, 15) is 0 Å². The van der Waals surface area contributed by atoms with Crippen LogP contribution in [0.3, 0.4) is 0 Å². The van der Waals surface area contributed by atoms with E-state index < -0.39 is 0 Å². The average molecular weight is 215 g/mol. The van der Waals surface area contributed by atoms with Crippen LogP contribution in [0.25, 0.3) is 0 Å². The fraction of sp³-hybridized carbons (Fsp3) is 0.308. The normalized spacial score (nSPS) is 10.6. The number of aryl methyl sites for hydroxylation is 1. The van der Waals surface area contributed by atoms with E-state index in [-0.39, 0.29) is 0 Å². The van der Waals surface area contributed by atoms with Crippen molar-refractivity contribution in [3.05, 3.63) is 53.3 Å². The molecule has 1 N–H and O–H groups in total. The van der Waals surface area contributed by atoms with E-state index in [0.29, 0.717) is 0 Å². The molecule has 2 rings (SSSR count). The highest BCUT2D eigenvalue weighted by atomic mass is 15.3. The Labute approximate surface area is 96.1 Å². The van der Waals surface area contributed by atoms with Gasteiger partial charge >= 0.3 is 0 Å². The van der Waals surface area contributed by atoms with Crippen LogP contribution in [0.1, 0.15) is 16.8 Å². The maximum absolute atomic E-state index is 4.22. The molecule has 84 valence electrons. The Kier molecular flexibility index (Phi) is 3.37. The van der Waals surface area contributed by atoms with Crippen LogP contribution < -0.4 is 5.32 Å². The van der Waals surface area contributed by atoms with Crippen LogP contribution >= 0.6 is 0 Å². The molecule has 0 radical (unpaired) electrons. The summed E-state index contributed by atoms with van der Waals surface area (Å²) in [7, 11) is 1.97. The first-order valence-electron chi connectivity index (χ1n) is 5.49. The largest absolute Gasteiger partial charge is 0.308 e. The van der Waals surface area contributed by atoms with Gasteiger partial charge in [-0.05, 0) is 12.5 Å². The quantitative estimate of drug-likeness (QED) is 0.845. The lowest BCUT2D eigenvalue weighted by Gasteiger charge is -2.04. The van der Waals surface area contributed by atoms with Crippen molar-refractivity contribution < 1.29 is 0 Å². The summed E-state index contributed by atoms with van der Waals surface area (Å²) in [5, 5.41) is 7.64. The van der Waals surface area contributed by atoms with Crippen molar-refractivity contribution in [2.45, 2.75) is 20.0 Å². The van der Waals surface area contributed by atoms with Crippen LogP contribution in [0.2, 0.25) is 0 Å². The number of rotatable bonds is 4. The Balaban J connectivity index is 1.87. The summed E-state index contributed by atoms with van der Waals surface area (Å²) in [4.78, 5) is 0. The topological polar surface area (TPSA) is 29.9 Å². The first-order valence-corrected chi connectivity index (χ1v) is 5.49. The molecule has 0 aliphatic carbocycles. The van der Waals surface area contributed by atoms with Gasteiger partial charge in [-0.15, -0.1) is 0 Å². The zero-order chi connectivity index (χ0) is 11.4. The minimum atomic E-state index is 0.870. The second kappa shape index (κ2) is 4.94. The molecule has 2 aromatic rings. The molecule has 0 amide bonds. The van der Waals surface area contributed by atoms with Crippen LogP contribution in [0.4, 0.5) is 0 Å². The SMILES string of the molecule is Cc1c(CNCc2ccccc2)cnn1C.